The van der Waals surface area contributed by atoms with Gasteiger partial charge < -0.3 is 0 Å². The summed E-state index contributed by atoms with van der Waals surface area (Å²) in [5.74, 6) is 0. The fourth-order valence-corrected chi connectivity index (χ4v) is 3.41. The van der Waals surface area contributed by atoms with E-state index < -0.39 is 15.4 Å². The largest absolute Gasteiger partial charge is 0.285 e. The van der Waals surface area contributed by atoms with Gasteiger partial charge in [-0.05, 0) is 12.0 Å². The maximum absolute atomic E-state index is 11.5. The molecule has 4 heteroatoms. The molecule has 0 radical (unpaired) electrons. The van der Waals surface area contributed by atoms with E-state index in [4.69, 9.17) is 0 Å². The summed E-state index contributed by atoms with van der Waals surface area (Å²) >= 11 is 0. The Morgan fingerprint density at radius 2 is 1.50 bits per heavy atom. The minimum absolute atomic E-state index is 0.497. The highest BCUT2D eigenvalue weighted by molar-refractivity contribution is 7.86. The topological polar surface area (TPSA) is 54.4 Å². The van der Waals surface area contributed by atoms with Crippen molar-refractivity contribution >= 4 is 10.1 Å². The van der Waals surface area contributed by atoms with Crippen LogP contribution in [0.25, 0.3) is 0 Å². The first-order valence-electron chi connectivity index (χ1n) is 7.57. The van der Waals surface area contributed by atoms with Gasteiger partial charge in [0.05, 0.1) is 0 Å². The third kappa shape index (κ3) is 6.53. The highest BCUT2D eigenvalue weighted by atomic mass is 32.2. The zero-order valence-electron chi connectivity index (χ0n) is 12.3. The predicted octanol–water partition coefficient (Wildman–Crippen LogP) is 4.76. The van der Waals surface area contributed by atoms with Crippen LogP contribution in [0, 0.1) is 0 Å². The minimum Gasteiger partial charge on any atom is -0.285 e. The van der Waals surface area contributed by atoms with Gasteiger partial charge in [0.25, 0.3) is 10.1 Å². The van der Waals surface area contributed by atoms with E-state index in [9.17, 15) is 13.0 Å². The van der Waals surface area contributed by atoms with Crippen molar-refractivity contribution in [2.24, 2.45) is 0 Å². The summed E-state index contributed by atoms with van der Waals surface area (Å²) in [6.07, 6.45) is 8.50. The number of hydrogen-bond acceptors (Lipinski definition) is 2. The van der Waals surface area contributed by atoms with E-state index >= 15 is 0 Å². The second kappa shape index (κ2) is 9.14. The van der Waals surface area contributed by atoms with Crippen LogP contribution >= 0.6 is 0 Å². The van der Waals surface area contributed by atoms with Crippen LogP contribution in [0.1, 0.15) is 69.1 Å². The fraction of sp³-hybridized carbons (Fsp3) is 0.625. The summed E-state index contributed by atoms with van der Waals surface area (Å²) in [5.41, 5.74) is 0.681. The number of hydrogen-bond donors (Lipinski definition) is 1. The Bertz CT molecular complexity index is 454. The number of unbranched alkanes of at least 4 members (excludes halogenated alkanes) is 6. The van der Waals surface area contributed by atoms with Crippen molar-refractivity contribution in [3.05, 3.63) is 35.9 Å². The van der Waals surface area contributed by atoms with Crippen molar-refractivity contribution in [1.29, 1.82) is 0 Å². The van der Waals surface area contributed by atoms with E-state index in [-0.39, 0.29) is 0 Å². The molecule has 0 aliphatic carbocycles. The third-order valence-corrected chi connectivity index (χ3v) is 4.83. The lowest BCUT2D eigenvalue weighted by atomic mass is 10.0. The molecular weight excluding hydrogens is 272 g/mol. The average molecular weight is 298 g/mol. The summed E-state index contributed by atoms with van der Waals surface area (Å²) in [7, 11) is -4.02. The molecule has 1 unspecified atom stereocenters. The standard InChI is InChI=1S/C16H26O3S/c1-2-3-4-5-6-7-11-14-16(20(17,18)19)15-12-9-8-10-13-15/h8-10,12-13,16H,2-7,11,14H2,1H3,(H,17,18,19). The van der Waals surface area contributed by atoms with Gasteiger partial charge in [0.15, 0.2) is 0 Å². The first-order valence-corrected chi connectivity index (χ1v) is 9.07. The Hall–Kier alpha value is -0.870. The van der Waals surface area contributed by atoms with Gasteiger partial charge in [-0.2, -0.15) is 8.42 Å². The van der Waals surface area contributed by atoms with Crippen LogP contribution in [0.5, 0.6) is 0 Å². The number of benzene rings is 1. The van der Waals surface area contributed by atoms with E-state index in [0.717, 1.165) is 19.3 Å². The zero-order chi connectivity index (χ0) is 14.8. The van der Waals surface area contributed by atoms with Gasteiger partial charge in [-0.3, -0.25) is 4.55 Å². The maximum Gasteiger partial charge on any atom is 0.271 e. The van der Waals surface area contributed by atoms with Gasteiger partial charge >= 0.3 is 0 Å². The molecule has 0 aliphatic heterocycles. The van der Waals surface area contributed by atoms with Crippen molar-refractivity contribution in [3.63, 3.8) is 0 Å². The van der Waals surface area contributed by atoms with E-state index in [1.165, 1.54) is 25.7 Å². The lowest BCUT2D eigenvalue weighted by molar-refractivity contribution is 0.458. The summed E-state index contributed by atoms with van der Waals surface area (Å²) in [6, 6.07) is 8.98. The number of rotatable bonds is 10. The minimum atomic E-state index is -4.02. The molecule has 1 aromatic rings. The fourth-order valence-electron chi connectivity index (χ4n) is 2.44. The molecule has 0 aliphatic rings. The Morgan fingerprint density at radius 3 is 2.05 bits per heavy atom. The molecule has 1 atom stereocenters. The molecule has 0 fully saturated rings. The van der Waals surface area contributed by atoms with Crippen LogP contribution in [0.3, 0.4) is 0 Å². The molecule has 0 amide bonds. The highest BCUT2D eigenvalue weighted by Gasteiger charge is 2.24. The molecule has 0 saturated heterocycles. The quantitative estimate of drug-likeness (QED) is 0.500. The van der Waals surface area contributed by atoms with Crippen LogP contribution in [-0.2, 0) is 10.1 Å². The smallest absolute Gasteiger partial charge is 0.271 e. The molecule has 0 saturated carbocycles. The monoisotopic (exact) mass is 298 g/mol. The van der Waals surface area contributed by atoms with Gasteiger partial charge in [0.2, 0.25) is 0 Å². The lowest BCUT2D eigenvalue weighted by Gasteiger charge is -2.14. The molecule has 0 spiro atoms. The van der Waals surface area contributed by atoms with Crippen LogP contribution in [-0.4, -0.2) is 13.0 Å². The van der Waals surface area contributed by atoms with Gasteiger partial charge in [-0.25, -0.2) is 0 Å². The first kappa shape index (κ1) is 17.2. The Labute approximate surface area is 123 Å². The molecule has 20 heavy (non-hydrogen) atoms. The van der Waals surface area contributed by atoms with Crippen molar-refractivity contribution in [1.82, 2.24) is 0 Å². The summed E-state index contributed by atoms with van der Waals surface area (Å²) in [5, 5.41) is -0.778. The van der Waals surface area contributed by atoms with Crippen molar-refractivity contribution in [2.75, 3.05) is 0 Å². The van der Waals surface area contributed by atoms with Crippen molar-refractivity contribution < 1.29 is 13.0 Å². The van der Waals surface area contributed by atoms with Gasteiger partial charge in [0.1, 0.15) is 5.25 Å². The highest BCUT2D eigenvalue weighted by Crippen LogP contribution is 2.27. The zero-order valence-corrected chi connectivity index (χ0v) is 13.1. The molecule has 3 nitrogen and oxygen atoms in total. The SMILES string of the molecule is CCCCCCCCCC(c1ccccc1)S(=O)(=O)O. The second-order valence-electron chi connectivity index (χ2n) is 5.32. The van der Waals surface area contributed by atoms with Crippen LogP contribution in [0.15, 0.2) is 30.3 Å². The molecule has 0 aromatic heterocycles. The van der Waals surface area contributed by atoms with Crippen LogP contribution in [0.4, 0.5) is 0 Å². The van der Waals surface area contributed by atoms with E-state index in [1.54, 1.807) is 24.3 Å². The third-order valence-electron chi connectivity index (χ3n) is 3.60. The Morgan fingerprint density at radius 1 is 0.950 bits per heavy atom. The molecule has 1 rings (SSSR count). The van der Waals surface area contributed by atoms with E-state index in [1.807, 2.05) is 6.07 Å². The predicted molar refractivity (Wildman–Crippen MR) is 83.3 cm³/mol. The first-order chi connectivity index (χ1) is 9.55. The van der Waals surface area contributed by atoms with E-state index in [0.29, 0.717) is 12.0 Å². The molecular formula is C16H26O3S. The summed E-state index contributed by atoms with van der Waals surface area (Å²) in [6.45, 7) is 2.19. The molecule has 0 bridgehead atoms. The molecule has 1 N–H and O–H groups in total. The second-order valence-corrected chi connectivity index (χ2v) is 6.92. The Kier molecular flexibility index (Phi) is 7.85. The van der Waals surface area contributed by atoms with Crippen molar-refractivity contribution in [3.8, 4) is 0 Å². The van der Waals surface area contributed by atoms with Gasteiger partial charge in [-0.1, -0.05) is 82.2 Å². The lowest BCUT2D eigenvalue weighted by Crippen LogP contribution is -2.12. The summed E-state index contributed by atoms with van der Waals surface area (Å²) < 4.78 is 32.4. The normalized spacial score (nSPS) is 13.3. The Balaban J connectivity index is 2.40. The molecule has 114 valence electrons. The van der Waals surface area contributed by atoms with Crippen LogP contribution in [0.2, 0.25) is 0 Å². The average Bonchev–Trinajstić information content (AvgIpc) is 2.41. The molecule has 0 heterocycles. The van der Waals surface area contributed by atoms with Gasteiger partial charge in [0, 0.05) is 0 Å². The molecule has 1 aromatic carbocycles. The van der Waals surface area contributed by atoms with Gasteiger partial charge in [-0.15, -0.1) is 0 Å². The van der Waals surface area contributed by atoms with E-state index in [2.05, 4.69) is 6.92 Å². The van der Waals surface area contributed by atoms with Crippen molar-refractivity contribution in [2.45, 2.75) is 63.5 Å². The summed E-state index contributed by atoms with van der Waals surface area (Å²) in [4.78, 5) is 0. The maximum atomic E-state index is 11.5. The van der Waals surface area contributed by atoms with Crippen LogP contribution < -0.4 is 0 Å².